The van der Waals surface area contributed by atoms with Gasteiger partial charge in [-0.25, -0.2) is 0 Å². The average molecular weight is 135 g/mol. The van der Waals surface area contributed by atoms with Crippen molar-refractivity contribution in [3.63, 3.8) is 0 Å². The van der Waals surface area contributed by atoms with Crippen LogP contribution < -0.4 is 0 Å². The molecule has 0 aromatic carbocycles. The number of nitrogens with zero attached hydrogens (tertiary/aromatic N) is 3. The van der Waals surface area contributed by atoms with Crippen LogP contribution in [-0.2, 0) is 0 Å². The maximum Gasteiger partial charge on any atom is 0.111 e. The van der Waals surface area contributed by atoms with Gasteiger partial charge in [-0.05, 0) is 6.07 Å². The Balaban J connectivity index is 2.48. The summed E-state index contributed by atoms with van der Waals surface area (Å²) in [4.78, 5) is 0. The molecule has 0 amide bonds. The molecule has 0 bridgehead atoms. The molecule has 5 heteroatoms. The number of aromatic amines is 2. The lowest BCUT2D eigenvalue weighted by Gasteiger charge is -1.82. The van der Waals surface area contributed by atoms with Gasteiger partial charge in [-0.15, -0.1) is 5.10 Å². The van der Waals surface area contributed by atoms with Crippen molar-refractivity contribution in [2.45, 2.75) is 0 Å². The van der Waals surface area contributed by atoms with Crippen LogP contribution in [0, 0.1) is 0 Å². The van der Waals surface area contributed by atoms with Crippen LogP contribution in [-0.4, -0.2) is 25.6 Å². The third-order valence-corrected chi connectivity index (χ3v) is 1.19. The van der Waals surface area contributed by atoms with Crippen LogP contribution in [0.4, 0.5) is 0 Å². The van der Waals surface area contributed by atoms with E-state index in [0.29, 0.717) is 0 Å². The Bertz CT molecular complexity index is 249. The van der Waals surface area contributed by atoms with E-state index < -0.39 is 0 Å². The fourth-order valence-corrected chi connectivity index (χ4v) is 0.732. The van der Waals surface area contributed by atoms with Crippen molar-refractivity contribution in [3.8, 4) is 11.4 Å². The van der Waals surface area contributed by atoms with E-state index in [-0.39, 0.29) is 0 Å². The zero-order valence-electron chi connectivity index (χ0n) is 5.07. The molecule has 2 aromatic heterocycles. The molecule has 2 aromatic rings. The van der Waals surface area contributed by atoms with E-state index in [2.05, 4.69) is 25.6 Å². The van der Waals surface area contributed by atoms with Gasteiger partial charge in [0, 0.05) is 6.20 Å². The summed E-state index contributed by atoms with van der Waals surface area (Å²) in [6.07, 6.45) is 3.37. The summed E-state index contributed by atoms with van der Waals surface area (Å²) < 4.78 is 0. The highest BCUT2D eigenvalue weighted by Gasteiger charge is 1.98. The zero-order chi connectivity index (χ0) is 6.81. The molecule has 10 heavy (non-hydrogen) atoms. The van der Waals surface area contributed by atoms with Crippen LogP contribution in [0.3, 0.4) is 0 Å². The average Bonchev–Trinajstić information content (AvgIpc) is 2.59. The van der Waals surface area contributed by atoms with Crippen molar-refractivity contribution in [1.29, 1.82) is 0 Å². The third kappa shape index (κ3) is 0.680. The van der Waals surface area contributed by atoms with Gasteiger partial charge in [0.05, 0.1) is 6.20 Å². The maximum absolute atomic E-state index is 3.92. The maximum atomic E-state index is 3.92. The van der Waals surface area contributed by atoms with Crippen LogP contribution in [0.2, 0.25) is 0 Å². The van der Waals surface area contributed by atoms with Crippen molar-refractivity contribution in [2.24, 2.45) is 0 Å². The summed E-state index contributed by atoms with van der Waals surface area (Å²) in [6.45, 7) is 0. The second kappa shape index (κ2) is 1.94. The second-order valence-electron chi connectivity index (χ2n) is 1.83. The number of rotatable bonds is 1. The molecule has 2 rings (SSSR count). The first-order valence-electron chi connectivity index (χ1n) is 2.83. The molecule has 5 nitrogen and oxygen atoms in total. The molecule has 0 saturated carbocycles. The normalized spacial score (nSPS) is 10.0. The molecule has 0 aliphatic heterocycles. The summed E-state index contributed by atoms with van der Waals surface area (Å²) in [7, 11) is 0. The third-order valence-electron chi connectivity index (χ3n) is 1.19. The molecule has 0 fully saturated rings. The van der Waals surface area contributed by atoms with Crippen LogP contribution in [0.5, 0.6) is 0 Å². The topological polar surface area (TPSA) is 70.2 Å². The molecular formula is C5H5N5. The smallest absolute Gasteiger partial charge is 0.111 e. The molecule has 0 radical (unpaired) electrons. The standard InChI is InChI=1S/C5H5N5/c1-2-6-8-4(1)5-3-7-10-9-5/h1-3H,(H,6,8)(H,7,9,10). The molecule has 0 spiro atoms. The van der Waals surface area contributed by atoms with E-state index in [1.807, 2.05) is 6.07 Å². The van der Waals surface area contributed by atoms with Gasteiger partial charge < -0.3 is 0 Å². The van der Waals surface area contributed by atoms with Crippen LogP contribution >= 0.6 is 0 Å². The molecule has 50 valence electrons. The molecule has 2 heterocycles. The van der Waals surface area contributed by atoms with Gasteiger partial charge in [-0.3, -0.25) is 10.2 Å². The summed E-state index contributed by atoms with van der Waals surface area (Å²) in [6, 6.07) is 1.84. The molecule has 0 aliphatic carbocycles. The van der Waals surface area contributed by atoms with Crippen molar-refractivity contribution >= 4 is 0 Å². The first kappa shape index (κ1) is 5.16. The van der Waals surface area contributed by atoms with Crippen LogP contribution in [0.15, 0.2) is 18.5 Å². The Morgan fingerprint density at radius 3 is 3.00 bits per heavy atom. The highest BCUT2D eigenvalue weighted by molar-refractivity contribution is 5.50. The van der Waals surface area contributed by atoms with Gasteiger partial charge in [0.15, 0.2) is 0 Å². The first-order chi connectivity index (χ1) is 4.97. The minimum Gasteiger partial charge on any atom is -0.285 e. The molecule has 0 saturated heterocycles. The molecule has 2 N–H and O–H groups in total. The van der Waals surface area contributed by atoms with Crippen LogP contribution in [0.25, 0.3) is 11.4 Å². The molecule has 0 unspecified atom stereocenters. The Morgan fingerprint density at radius 2 is 2.40 bits per heavy atom. The van der Waals surface area contributed by atoms with E-state index >= 15 is 0 Å². The van der Waals surface area contributed by atoms with Gasteiger partial charge in [0.25, 0.3) is 0 Å². The lowest BCUT2D eigenvalue weighted by Crippen LogP contribution is -1.76. The number of nitrogens with one attached hydrogen (secondary N) is 2. The summed E-state index contributed by atoms with van der Waals surface area (Å²) in [5.41, 5.74) is 1.64. The highest BCUT2D eigenvalue weighted by Crippen LogP contribution is 2.08. The summed E-state index contributed by atoms with van der Waals surface area (Å²) >= 11 is 0. The molecule has 0 aliphatic rings. The number of hydrogen-bond donors (Lipinski definition) is 2. The predicted octanol–water partition coefficient (Wildman–Crippen LogP) is 0.195. The summed E-state index contributed by atoms with van der Waals surface area (Å²) in [5.74, 6) is 0. The fourth-order valence-electron chi connectivity index (χ4n) is 0.732. The fraction of sp³-hybridized carbons (Fsp3) is 0. The van der Waals surface area contributed by atoms with Gasteiger partial charge >= 0.3 is 0 Å². The zero-order valence-corrected chi connectivity index (χ0v) is 5.07. The number of aromatic nitrogens is 5. The molecular weight excluding hydrogens is 130 g/mol. The van der Waals surface area contributed by atoms with Gasteiger partial charge in [-0.1, -0.05) is 5.21 Å². The lowest BCUT2D eigenvalue weighted by atomic mass is 10.3. The van der Waals surface area contributed by atoms with E-state index in [9.17, 15) is 0 Å². The Morgan fingerprint density at radius 1 is 1.40 bits per heavy atom. The lowest BCUT2D eigenvalue weighted by molar-refractivity contribution is 0.939. The SMILES string of the molecule is c1cc(-c2cnn[nH]2)n[nH]1. The minimum atomic E-state index is 0.821. The second-order valence-corrected chi connectivity index (χ2v) is 1.83. The first-order valence-corrected chi connectivity index (χ1v) is 2.83. The monoisotopic (exact) mass is 135 g/mol. The van der Waals surface area contributed by atoms with Gasteiger partial charge in [-0.2, -0.15) is 5.10 Å². The summed E-state index contributed by atoms with van der Waals surface area (Å²) in [5, 5.41) is 16.5. The number of H-pyrrole nitrogens is 2. The van der Waals surface area contributed by atoms with Crippen molar-refractivity contribution < 1.29 is 0 Å². The van der Waals surface area contributed by atoms with Crippen LogP contribution in [0.1, 0.15) is 0 Å². The Labute approximate surface area is 56.5 Å². The van der Waals surface area contributed by atoms with Crippen molar-refractivity contribution in [1.82, 2.24) is 25.6 Å². The van der Waals surface area contributed by atoms with E-state index in [0.717, 1.165) is 11.4 Å². The van der Waals surface area contributed by atoms with Gasteiger partial charge in [0.1, 0.15) is 11.4 Å². The quantitative estimate of drug-likeness (QED) is 0.586. The predicted molar refractivity (Wildman–Crippen MR) is 34.0 cm³/mol. The van der Waals surface area contributed by atoms with E-state index in [4.69, 9.17) is 0 Å². The molecule has 0 atom stereocenters. The van der Waals surface area contributed by atoms with Gasteiger partial charge in [0.2, 0.25) is 0 Å². The van der Waals surface area contributed by atoms with Crippen molar-refractivity contribution in [2.75, 3.05) is 0 Å². The highest BCUT2D eigenvalue weighted by atomic mass is 15.3. The minimum absolute atomic E-state index is 0.821. The Kier molecular flexibility index (Phi) is 1.00. The largest absolute Gasteiger partial charge is 0.285 e. The van der Waals surface area contributed by atoms with E-state index in [1.165, 1.54) is 0 Å². The Hall–Kier alpha value is -1.65. The van der Waals surface area contributed by atoms with E-state index in [1.54, 1.807) is 12.4 Å². The van der Waals surface area contributed by atoms with Crippen molar-refractivity contribution in [3.05, 3.63) is 18.5 Å². The number of hydrogen-bond acceptors (Lipinski definition) is 3.